The van der Waals surface area contributed by atoms with Crippen molar-refractivity contribution in [3.63, 3.8) is 0 Å². The third kappa shape index (κ3) is 2.24. The molecule has 0 saturated heterocycles. The van der Waals surface area contributed by atoms with E-state index in [0.29, 0.717) is 27.6 Å². The zero-order valence-electron chi connectivity index (χ0n) is 11.7. The van der Waals surface area contributed by atoms with Crippen LogP contribution in [0.25, 0.3) is 0 Å². The van der Waals surface area contributed by atoms with Crippen LogP contribution in [0.3, 0.4) is 0 Å². The number of rotatable bonds is 1. The van der Waals surface area contributed by atoms with E-state index in [-0.39, 0.29) is 17.0 Å². The second-order valence-electron chi connectivity index (χ2n) is 5.04. The lowest BCUT2D eigenvalue weighted by molar-refractivity contribution is 0.391. The summed E-state index contributed by atoms with van der Waals surface area (Å²) in [5.41, 5.74) is 7.48. The predicted octanol–water partition coefficient (Wildman–Crippen LogP) is 2.55. The van der Waals surface area contributed by atoms with Crippen molar-refractivity contribution in [2.45, 2.75) is 12.8 Å². The third-order valence-corrected chi connectivity index (χ3v) is 3.77. The minimum atomic E-state index is -0.600. The largest absolute Gasteiger partial charge is 0.440 e. The van der Waals surface area contributed by atoms with Gasteiger partial charge in [-0.05, 0) is 24.6 Å². The van der Waals surface area contributed by atoms with Crippen LogP contribution in [0.15, 0.2) is 46.6 Å². The molecule has 2 heterocycles. The first kappa shape index (κ1) is 14.2. The number of aromatic nitrogens is 1. The number of nitrogens with one attached hydrogen (secondary N) is 1. The van der Waals surface area contributed by atoms with E-state index in [1.54, 1.807) is 37.3 Å². The van der Waals surface area contributed by atoms with Crippen molar-refractivity contribution in [3.05, 3.63) is 74.0 Å². The quantitative estimate of drug-likeness (QED) is 0.846. The van der Waals surface area contributed by atoms with Gasteiger partial charge in [0.25, 0.3) is 5.56 Å². The first-order valence-electron chi connectivity index (χ1n) is 6.58. The predicted molar refractivity (Wildman–Crippen MR) is 82.5 cm³/mol. The summed E-state index contributed by atoms with van der Waals surface area (Å²) in [7, 11) is 0. The van der Waals surface area contributed by atoms with Crippen molar-refractivity contribution in [2.75, 3.05) is 0 Å². The SMILES string of the molecule is Cc1cc2c(c(=O)[nH]1)C(c1cccc(Cl)c1)C(C#N)=C(N)O2. The number of hydrogen-bond donors (Lipinski definition) is 2. The van der Waals surface area contributed by atoms with Crippen LogP contribution in [0.4, 0.5) is 0 Å². The van der Waals surface area contributed by atoms with Gasteiger partial charge in [-0.25, -0.2) is 0 Å². The van der Waals surface area contributed by atoms with E-state index in [4.69, 9.17) is 22.1 Å². The van der Waals surface area contributed by atoms with Crippen LogP contribution >= 0.6 is 11.6 Å². The highest BCUT2D eigenvalue weighted by atomic mass is 35.5. The summed E-state index contributed by atoms with van der Waals surface area (Å²) in [6.45, 7) is 1.75. The summed E-state index contributed by atoms with van der Waals surface area (Å²) >= 11 is 6.04. The Kier molecular flexibility index (Phi) is 3.39. The van der Waals surface area contributed by atoms with Crippen LogP contribution in [0.1, 0.15) is 22.7 Å². The van der Waals surface area contributed by atoms with E-state index in [1.165, 1.54) is 0 Å². The van der Waals surface area contributed by atoms with E-state index in [1.807, 2.05) is 6.07 Å². The molecule has 0 saturated carbocycles. The molecule has 1 unspecified atom stereocenters. The van der Waals surface area contributed by atoms with E-state index >= 15 is 0 Å². The van der Waals surface area contributed by atoms with E-state index in [0.717, 1.165) is 0 Å². The topological polar surface area (TPSA) is 91.9 Å². The van der Waals surface area contributed by atoms with Crippen LogP contribution in [0, 0.1) is 18.3 Å². The summed E-state index contributed by atoms with van der Waals surface area (Å²) in [6.07, 6.45) is 0. The number of allylic oxidation sites excluding steroid dienone is 1. The summed E-state index contributed by atoms with van der Waals surface area (Å²) in [6, 6.07) is 10.7. The van der Waals surface area contributed by atoms with Gasteiger partial charge in [-0.15, -0.1) is 0 Å². The van der Waals surface area contributed by atoms with Crippen LogP contribution in [-0.2, 0) is 0 Å². The minimum absolute atomic E-state index is 0.00461. The van der Waals surface area contributed by atoms with E-state index in [2.05, 4.69) is 4.98 Å². The summed E-state index contributed by atoms with van der Waals surface area (Å²) in [5, 5.41) is 9.94. The molecule has 3 rings (SSSR count). The Morgan fingerprint density at radius 3 is 2.86 bits per heavy atom. The van der Waals surface area contributed by atoms with E-state index < -0.39 is 5.92 Å². The number of fused-ring (bicyclic) bond motifs is 1. The zero-order valence-corrected chi connectivity index (χ0v) is 12.4. The molecule has 1 aromatic carbocycles. The van der Waals surface area contributed by atoms with Crippen molar-refractivity contribution < 1.29 is 4.74 Å². The number of halogens is 1. The molecule has 0 aliphatic carbocycles. The molecule has 1 aliphatic rings. The number of H-pyrrole nitrogens is 1. The first-order valence-corrected chi connectivity index (χ1v) is 6.96. The zero-order chi connectivity index (χ0) is 15.9. The Labute approximate surface area is 131 Å². The van der Waals surface area contributed by atoms with Gasteiger partial charge in [0.05, 0.1) is 11.5 Å². The maximum Gasteiger partial charge on any atom is 0.256 e. The Morgan fingerprint density at radius 2 is 2.18 bits per heavy atom. The molecule has 0 fully saturated rings. The molecule has 1 aromatic heterocycles. The molecule has 5 nitrogen and oxygen atoms in total. The summed E-state index contributed by atoms with van der Waals surface area (Å²) in [4.78, 5) is 15.1. The van der Waals surface area contributed by atoms with Gasteiger partial charge < -0.3 is 15.5 Å². The summed E-state index contributed by atoms with van der Waals surface area (Å²) < 4.78 is 5.46. The molecule has 6 heteroatoms. The van der Waals surface area contributed by atoms with Gasteiger partial charge >= 0.3 is 0 Å². The number of aromatic amines is 1. The van der Waals surface area contributed by atoms with Crippen LogP contribution in [-0.4, -0.2) is 4.98 Å². The lowest BCUT2D eigenvalue weighted by Crippen LogP contribution is -2.28. The Balaban J connectivity index is 2.32. The van der Waals surface area contributed by atoms with Crippen LogP contribution in [0.2, 0.25) is 5.02 Å². The molecule has 1 atom stereocenters. The highest BCUT2D eigenvalue weighted by Crippen LogP contribution is 2.40. The number of benzene rings is 1. The molecular formula is C16H12ClN3O2. The van der Waals surface area contributed by atoms with Crippen molar-refractivity contribution in [1.82, 2.24) is 4.98 Å². The number of ether oxygens (including phenoxy) is 1. The molecule has 0 radical (unpaired) electrons. The van der Waals surface area contributed by atoms with Gasteiger partial charge in [-0.1, -0.05) is 23.7 Å². The average Bonchev–Trinajstić information content (AvgIpc) is 2.45. The van der Waals surface area contributed by atoms with Crippen molar-refractivity contribution in [2.24, 2.45) is 5.73 Å². The minimum Gasteiger partial charge on any atom is -0.440 e. The smallest absolute Gasteiger partial charge is 0.256 e. The first-order chi connectivity index (χ1) is 10.5. The lowest BCUT2D eigenvalue weighted by atomic mass is 9.84. The van der Waals surface area contributed by atoms with Gasteiger partial charge in [0.2, 0.25) is 5.88 Å². The normalized spacial score (nSPS) is 16.7. The number of nitrogens with two attached hydrogens (primary N) is 1. The fraction of sp³-hybridized carbons (Fsp3) is 0.125. The van der Waals surface area contributed by atoms with Crippen molar-refractivity contribution in [1.29, 1.82) is 5.26 Å². The second kappa shape index (κ2) is 5.24. The second-order valence-corrected chi connectivity index (χ2v) is 5.48. The fourth-order valence-corrected chi connectivity index (χ4v) is 2.82. The maximum atomic E-state index is 12.4. The molecule has 22 heavy (non-hydrogen) atoms. The molecule has 0 spiro atoms. The van der Waals surface area contributed by atoms with Gasteiger partial charge in [0.15, 0.2) is 0 Å². The number of hydrogen-bond acceptors (Lipinski definition) is 4. The average molecular weight is 314 g/mol. The van der Waals surface area contributed by atoms with Gasteiger partial charge in [0, 0.05) is 16.8 Å². The number of pyridine rings is 1. The Hall–Kier alpha value is -2.71. The molecule has 0 bridgehead atoms. The summed E-state index contributed by atoms with van der Waals surface area (Å²) in [5.74, 6) is -0.232. The molecule has 110 valence electrons. The standard InChI is InChI=1S/C16H12ClN3O2/c1-8-5-12-14(16(21)20-8)13(11(7-18)15(19)22-12)9-3-2-4-10(17)6-9/h2-6,13H,19H2,1H3,(H,20,21). The van der Waals surface area contributed by atoms with Crippen molar-refractivity contribution in [3.8, 4) is 11.8 Å². The number of aryl methyl sites for hydroxylation is 1. The molecule has 2 aromatic rings. The maximum absolute atomic E-state index is 12.4. The monoisotopic (exact) mass is 313 g/mol. The lowest BCUT2D eigenvalue weighted by Gasteiger charge is -2.25. The Bertz CT molecular complexity index is 893. The molecule has 1 aliphatic heterocycles. The van der Waals surface area contributed by atoms with E-state index in [9.17, 15) is 10.1 Å². The number of nitriles is 1. The number of nitrogens with zero attached hydrogens (tertiary/aromatic N) is 1. The third-order valence-electron chi connectivity index (χ3n) is 3.53. The van der Waals surface area contributed by atoms with Crippen molar-refractivity contribution >= 4 is 11.6 Å². The van der Waals surface area contributed by atoms with Gasteiger partial charge in [-0.2, -0.15) is 5.26 Å². The molecular weight excluding hydrogens is 302 g/mol. The molecule has 0 amide bonds. The Morgan fingerprint density at radius 1 is 1.41 bits per heavy atom. The highest BCUT2D eigenvalue weighted by Gasteiger charge is 2.33. The van der Waals surface area contributed by atoms with Crippen LogP contribution < -0.4 is 16.0 Å². The fourth-order valence-electron chi connectivity index (χ4n) is 2.63. The van der Waals surface area contributed by atoms with Gasteiger partial charge in [0.1, 0.15) is 17.4 Å². The van der Waals surface area contributed by atoms with Crippen LogP contribution in [0.5, 0.6) is 5.75 Å². The highest BCUT2D eigenvalue weighted by molar-refractivity contribution is 6.30. The molecule has 3 N–H and O–H groups in total. The van der Waals surface area contributed by atoms with Gasteiger partial charge in [-0.3, -0.25) is 4.79 Å².